The molecular weight excluding hydrogens is 447 g/mol. The Bertz CT molecular complexity index is 700. The van der Waals surface area contributed by atoms with Gasteiger partial charge in [0.1, 0.15) is 0 Å². The molecule has 0 radical (unpaired) electrons. The maximum absolute atomic E-state index is 4.37. The lowest BCUT2D eigenvalue weighted by Crippen LogP contribution is -2.38. The van der Waals surface area contributed by atoms with Crippen molar-refractivity contribution >= 4 is 29.9 Å². The molecule has 2 aromatic carbocycles. The summed E-state index contributed by atoms with van der Waals surface area (Å²) in [7, 11) is 3.97. The van der Waals surface area contributed by atoms with Crippen LogP contribution in [0, 0.1) is 0 Å². The van der Waals surface area contributed by atoms with E-state index in [1.54, 1.807) is 0 Å². The summed E-state index contributed by atoms with van der Waals surface area (Å²) in [6.07, 6.45) is 0. The van der Waals surface area contributed by atoms with E-state index in [9.17, 15) is 0 Å². The van der Waals surface area contributed by atoms with E-state index in [0.29, 0.717) is 6.04 Å². The van der Waals surface area contributed by atoms with Crippen LogP contribution in [0.5, 0.6) is 0 Å². The van der Waals surface area contributed by atoms with Crippen molar-refractivity contribution < 1.29 is 0 Å². The molecule has 4 nitrogen and oxygen atoms in total. The summed E-state index contributed by atoms with van der Waals surface area (Å²) in [6.45, 7) is 8.29. The van der Waals surface area contributed by atoms with Gasteiger partial charge in [0.05, 0.1) is 6.04 Å². The third kappa shape index (κ3) is 7.50. The Morgan fingerprint density at radius 2 is 1.56 bits per heavy atom. The fraction of sp³-hybridized carbons (Fsp3) is 0.409. The van der Waals surface area contributed by atoms with Crippen molar-refractivity contribution in [2.75, 3.05) is 14.1 Å². The van der Waals surface area contributed by atoms with Crippen LogP contribution in [0.1, 0.15) is 43.5 Å². The van der Waals surface area contributed by atoms with Crippen LogP contribution in [0.3, 0.4) is 0 Å². The molecular formula is C22H33IN4. The van der Waals surface area contributed by atoms with E-state index in [2.05, 4.69) is 96.9 Å². The van der Waals surface area contributed by atoms with Crippen molar-refractivity contribution in [1.82, 2.24) is 15.5 Å². The van der Waals surface area contributed by atoms with Gasteiger partial charge in [0, 0.05) is 26.2 Å². The Hall–Kier alpha value is -1.60. The highest BCUT2D eigenvalue weighted by molar-refractivity contribution is 14.0. The second kappa shape index (κ2) is 12.0. The van der Waals surface area contributed by atoms with E-state index >= 15 is 0 Å². The average molecular weight is 480 g/mol. The van der Waals surface area contributed by atoms with Crippen LogP contribution in [-0.4, -0.2) is 31.0 Å². The van der Waals surface area contributed by atoms with E-state index in [-0.39, 0.29) is 30.0 Å². The minimum absolute atomic E-state index is 0. The third-order valence-electron chi connectivity index (χ3n) is 4.74. The standard InChI is InChI=1S/C22H32N4.HI/c1-17(2)26(5)16-21-14-10-9-13-20(21)15-24-22(23-4)25-18(3)19-11-7-6-8-12-19;/h6-14,17-18H,15-16H2,1-5H3,(H2,23,24,25);1H. The molecule has 27 heavy (non-hydrogen) atoms. The van der Waals surface area contributed by atoms with Crippen molar-refractivity contribution in [2.45, 2.75) is 45.9 Å². The summed E-state index contributed by atoms with van der Waals surface area (Å²) in [5.74, 6) is 0.813. The molecule has 1 unspecified atom stereocenters. The molecule has 0 saturated carbocycles. The Morgan fingerprint density at radius 3 is 2.15 bits per heavy atom. The number of guanidine groups is 1. The minimum Gasteiger partial charge on any atom is -0.352 e. The van der Waals surface area contributed by atoms with Crippen LogP contribution in [0.25, 0.3) is 0 Å². The summed E-state index contributed by atoms with van der Waals surface area (Å²) in [6, 6.07) is 19.7. The first-order valence-corrected chi connectivity index (χ1v) is 9.30. The molecule has 2 N–H and O–H groups in total. The van der Waals surface area contributed by atoms with Crippen molar-refractivity contribution in [3.63, 3.8) is 0 Å². The fourth-order valence-corrected chi connectivity index (χ4v) is 2.74. The lowest BCUT2D eigenvalue weighted by molar-refractivity contribution is 0.265. The first kappa shape index (κ1) is 23.4. The molecule has 2 aromatic rings. The molecule has 148 valence electrons. The van der Waals surface area contributed by atoms with Gasteiger partial charge in [0.15, 0.2) is 5.96 Å². The van der Waals surface area contributed by atoms with E-state index in [1.165, 1.54) is 16.7 Å². The second-order valence-electron chi connectivity index (χ2n) is 6.98. The number of rotatable bonds is 7. The zero-order valence-electron chi connectivity index (χ0n) is 17.1. The number of nitrogens with zero attached hydrogens (tertiary/aromatic N) is 2. The van der Waals surface area contributed by atoms with Crippen LogP contribution in [0.2, 0.25) is 0 Å². The van der Waals surface area contributed by atoms with Crippen molar-refractivity contribution in [2.24, 2.45) is 4.99 Å². The normalized spacial score (nSPS) is 12.6. The number of halogens is 1. The predicted molar refractivity (Wildman–Crippen MR) is 127 cm³/mol. The summed E-state index contributed by atoms with van der Waals surface area (Å²) >= 11 is 0. The van der Waals surface area contributed by atoms with Gasteiger partial charge in [0.2, 0.25) is 0 Å². The lowest BCUT2D eigenvalue weighted by atomic mass is 10.1. The zero-order chi connectivity index (χ0) is 18.9. The van der Waals surface area contributed by atoms with E-state index in [1.807, 2.05) is 13.1 Å². The maximum atomic E-state index is 4.37. The summed E-state index contributed by atoms with van der Waals surface area (Å²) in [5.41, 5.74) is 3.90. The molecule has 0 heterocycles. The van der Waals surface area contributed by atoms with Crippen LogP contribution in [-0.2, 0) is 13.1 Å². The van der Waals surface area contributed by atoms with Gasteiger partial charge in [-0.25, -0.2) is 0 Å². The highest BCUT2D eigenvalue weighted by Crippen LogP contribution is 2.13. The van der Waals surface area contributed by atoms with Gasteiger partial charge in [0.25, 0.3) is 0 Å². The molecule has 0 aromatic heterocycles. The van der Waals surface area contributed by atoms with Gasteiger partial charge in [-0.2, -0.15) is 0 Å². The van der Waals surface area contributed by atoms with E-state index < -0.39 is 0 Å². The van der Waals surface area contributed by atoms with Crippen molar-refractivity contribution in [3.05, 3.63) is 71.3 Å². The van der Waals surface area contributed by atoms with Gasteiger partial charge in [-0.1, -0.05) is 54.6 Å². The summed E-state index contributed by atoms with van der Waals surface area (Å²) < 4.78 is 0. The average Bonchev–Trinajstić information content (AvgIpc) is 2.66. The smallest absolute Gasteiger partial charge is 0.191 e. The molecule has 0 spiro atoms. The Balaban J connectivity index is 0.00000364. The third-order valence-corrected chi connectivity index (χ3v) is 4.74. The van der Waals surface area contributed by atoms with Crippen molar-refractivity contribution in [1.29, 1.82) is 0 Å². The van der Waals surface area contributed by atoms with Gasteiger partial charge in [-0.3, -0.25) is 9.89 Å². The molecule has 2 rings (SSSR count). The van der Waals surface area contributed by atoms with Gasteiger partial charge < -0.3 is 10.6 Å². The number of benzene rings is 2. The SMILES string of the molecule is CN=C(NCc1ccccc1CN(C)C(C)C)NC(C)c1ccccc1.I. The highest BCUT2D eigenvalue weighted by atomic mass is 127. The van der Waals surface area contributed by atoms with E-state index in [4.69, 9.17) is 0 Å². The highest BCUT2D eigenvalue weighted by Gasteiger charge is 2.10. The van der Waals surface area contributed by atoms with Crippen LogP contribution < -0.4 is 10.6 Å². The summed E-state index contributed by atoms with van der Waals surface area (Å²) in [4.78, 5) is 6.72. The van der Waals surface area contributed by atoms with Gasteiger partial charge >= 0.3 is 0 Å². The largest absolute Gasteiger partial charge is 0.352 e. The molecule has 0 saturated heterocycles. The number of aliphatic imine (C=N–C) groups is 1. The maximum Gasteiger partial charge on any atom is 0.191 e. The van der Waals surface area contributed by atoms with Gasteiger partial charge in [-0.15, -0.1) is 24.0 Å². The lowest BCUT2D eigenvalue weighted by Gasteiger charge is -2.23. The Morgan fingerprint density at radius 1 is 0.963 bits per heavy atom. The molecule has 0 bridgehead atoms. The zero-order valence-corrected chi connectivity index (χ0v) is 19.4. The quantitative estimate of drug-likeness (QED) is 0.347. The number of nitrogens with one attached hydrogen (secondary N) is 2. The molecule has 0 aliphatic carbocycles. The second-order valence-corrected chi connectivity index (χ2v) is 6.98. The molecule has 0 amide bonds. The fourth-order valence-electron chi connectivity index (χ4n) is 2.74. The first-order valence-electron chi connectivity index (χ1n) is 9.30. The summed E-state index contributed by atoms with van der Waals surface area (Å²) in [5, 5.41) is 6.91. The first-order chi connectivity index (χ1) is 12.5. The van der Waals surface area contributed by atoms with Crippen LogP contribution in [0.4, 0.5) is 0 Å². The Kier molecular flexibility index (Phi) is 10.4. The van der Waals surface area contributed by atoms with Crippen LogP contribution in [0.15, 0.2) is 59.6 Å². The van der Waals surface area contributed by atoms with Gasteiger partial charge in [-0.05, 0) is 44.5 Å². The molecule has 0 fully saturated rings. The minimum atomic E-state index is 0. The number of hydrogen-bond donors (Lipinski definition) is 2. The molecule has 1 atom stereocenters. The monoisotopic (exact) mass is 480 g/mol. The molecule has 0 aliphatic heterocycles. The van der Waals surface area contributed by atoms with Crippen molar-refractivity contribution in [3.8, 4) is 0 Å². The molecule has 0 aliphatic rings. The Labute approximate surface area is 181 Å². The topological polar surface area (TPSA) is 39.7 Å². The molecule has 5 heteroatoms. The number of hydrogen-bond acceptors (Lipinski definition) is 2. The van der Waals surface area contributed by atoms with E-state index in [0.717, 1.165) is 19.0 Å². The predicted octanol–water partition coefficient (Wildman–Crippen LogP) is 4.57. The van der Waals surface area contributed by atoms with Crippen LogP contribution >= 0.6 is 24.0 Å².